The van der Waals surface area contributed by atoms with Crippen molar-refractivity contribution < 1.29 is 9.90 Å². The molecule has 0 spiro atoms. The molecule has 1 aromatic rings. The van der Waals surface area contributed by atoms with Gasteiger partial charge in [-0.3, -0.25) is 4.79 Å². The number of hydrogen-bond donors (Lipinski definition) is 2. The maximum Gasteiger partial charge on any atom is 0.311 e. The highest BCUT2D eigenvalue weighted by Crippen LogP contribution is 2.39. The summed E-state index contributed by atoms with van der Waals surface area (Å²) in [5.74, 6) is 0.691. The van der Waals surface area contributed by atoms with Crippen molar-refractivity contribution >= 4 is 11.9 Å². The highest BCUT2D eigenvalue weighted by molar-refractivity contribution is 5.75. The summed E-state index contributed by atoms with van der Waals surface area (Å²) in [7, 11) is 1.89. The zero-order chi connectivity index (χ0) is 13.2. The van der Waals surface area contributed by atoms with Crippen molar-refractivity contribution in [2.75, 3.05) is 11.9 Å². The molecule has 18 heavy (non-hydrogen) atoms. The van der Waals surface area contributed by atoms with E-state index in [0.717, 1.165) is 31.6 Å². The van der Waals surface area contributed by atoms with Crippen LogP contribution in [0.15, 0.2) is 12.4 Å². The third-order valence-electron chi connectivity index (χ3n) is 4.09. The first-order valence-electron chi connectivity index (χ1n) is 6.48. The van der Waals surface area contributed by atoms with Gasteiger partial charge in [0.15, 0.2) is 0 Å². The number of carboxylic acid groups (broad SMARTS) is 1. The van der Waals surface area contributed by atoms with E-state index in [1.165, 1.54) is 0 Å². The van der Waals surface area contributed by atoms with Gasteiger partial charge in [-0.2, -0.15) is 0 Å². The maximum atomic E-state index is 11.6. The number of aliphatic carboxylic acids is 1. The Morgan fingerprint density at radius 1 is 1.61 bits per heavy atom. The number of aromatic nitrogens is 2. The minimum absolute atomic E-state index is 0.458. The second kappa shape index (κ2) is 5.00. The molecule has 0 saturated heterocycles. The van der Waals surface area contributed by atoms with E-state index in [4.69, 9.17) is 0 Å². The van der Waals surface area contributed by atoms with Crippen molar-refractivity contribution in [2.45, 2.75) is 32.6 Å². The molecular formula is C13H21N3O2. The van der Waals surface area contributed by atoms with E-state index in [9.17, 15) is 9.90 Å². The fourth-order valence-corrected chi connectivity index (χ4v) is 2.57. The molecule has 1 saturated carbocycles. The molecule has 1 aromatic heterocycles. The largest absolute Gasteiger partial charge is 0.481 e. The zero-order valence-electron chi connectivity index (χ0n) is 11.0. The van der Waals surface area contributed by atoms with Crippen molar-refractivity contribution in [3.8, 4) is 0 Å². The molecule has 1 heterocycles. The quantitative estimate of drug-likeness (QED) is 0.860. The molecule has 2 N–H and O–H groups in total. The van der Waals surface area contributed by atoms with Crippen LogP contribution in [0.1, 0.15) is 32.6 Å². The van der Waals surface area contributed by atoms with Crippen LogP contribution in [0, 0.1) is 11.3 Å². The van der Waals surface area contributed by atoms with E-state index < -0.39 is 11.4 Å². The topological polar surface area (TPSA) is 67.2 Å². The lowest BCUT2D eigenvalue weighted by atomic mass is 9.71. The SMILES string of the molecule is CC1CCC(CNc2nccn2C)(C(=O)O)CC1. The first-order valence-corrected chi connectivity index (χ1v) is 6.48. The number of carbonyl (C=O) groups is 1. The highest BCUT2D eigenvalue weighted by atomic mass is 16.4. The molecule has 2 rings (SSSR count). The van der Waals surface area contributed by atoms with Crippen LogP contribution >= 0.6 is 0 Å². The van der Waals surface area contributed by atoms with Crippen LogP contribution in [0.5, 0.6) is 0 Å². The molecule has 0 aliphatic heterocycles. The van der Waals surface area contributed by atoms with E-state index in [-0.39, 0.29) is 0 Å². The number of nitrogens with one attached hydrogen (secondary N) is 1. The zero-order valence-corrected chi connectivity index (χ0v) is 11.0. The second-order valence-electron chi connectivity index (χ2n) is 5.48. The third-order valence-corrected chi connectivity index (χ3v) is 4.09. The van der Waals surface area contributed by atoms with Gasteiger partial charge in [-0.05, 0) is 31.6 Å². The molecule has 5 heteroatoms. The van der Waals surface area contributed by atoms with Crippen LogP contribution < -0.4 is 5.32 Å². The number of carboxylic acids is 1. The summed E-state index contributed by atoms with van der Waals surface area (Å²) in [6, 6.07) is 0. The van der Waals surface area contributed by atoms with Gasteiger partial charge in [0.05, 0.1) is 5.41 Å². The average Bonchev–Trinajstić information content (AvgIpc) is 2.74. The normalized spacial score (nSPS) is 28.0. The molecule has 100 valence electrons. The van der Waals surface area contributed by atoms with Crippen LogP contribution in [-0.4, -0.2) is 27.2 Å². The number of anilines is 1. The van der Waals surface area contributed by atoms with Gasteiger partial charge in [-0.1, -0.05) is 6.92 Å². The van der Waals surface area contributed by atoms with Crippen LogP contribution in [0.3, 0.4) is 0 Å². The molecule has 5 nitrogen and oxygen atoms in total. The van der Waals surface area contributed by atoms with Crippen LogP contribution in [0.2, 0.25) is 0 Å². The van der Waals surface area contributed by atoms with Crippen LogP contribution in [0.4, 0.5) is 5.95 Å². The Morgan fingerprint density at radius 2 is 2.28 bits per heavy atom. The molecule has 1 fully saturated rings. The lowest BCUT2D eigenvalue weighted by Crippen LogP contribution is -2.41. The summed E-state index contributed by atoms with van der Waals surface area (Å²) in [6.07, 6.45) is 7.04. The molecule has 0 amide bonds. The van der Waals surface area contributed by atoms with Crippen LogP contribution in [0.25, 0.3) is 0 Å². The molecule has 1 aliphatic rings. The Hall–Kier alpha value is -1.52. The molecule has 0 unspecified atom stereocenters. The average molecular weight is 251 g/mol. The van der Waals surface area contributed by atoms with Crippen molar-refractivity contribution in [1.29, 1.82) is 0 Å². The Labute approximate surface area is 107 Å². The fraction of sp³-hybridized carbons (Fsp3) is 0.692. The van der Waals surface area contributed by atoms with Crippen molar-refractivity contribution in [3.63, 3.8) is 0 Å². The van der Waals surface area contributed by atoms with E-state index in [2.05, 4.69) is 17.2 Å². The predicted molar refractivity (Wildman–Crippen MR) is 69.4 cm³/mol. The lowest BCUT2D eigenvalue weighted by Gasteiger charge is -2.35. The van der Waals surface area contributed by atoms with Crippen molar-refractivity contribution in [2.24, 2.45) is 18.4 Å². The number of nitrogens with zero attached hydrogens (tertiary/aromatic N) is 2. The van der Waals surface area contributed by atoms with Gasteiger partial charge in [0.25, 0.3) is 0 Å². The monoisotopic (exact) mass is 251 g/mol. The summed E-state index contributed by atoms with van der Waals surface area (Å²) in [5.41, 5.74) is -0.627. The minimum atomic E-state index is -0.684. The van der Waals surface area contributed by atoms with Crippen LogP contribution in [-0.2, 0) is 11.8 Å². The minimum Gasteiger partial charge on any atom is -0.481 e. The molecule has 0 aromatic carbocycles. The van der Waals surface area contributed by atoms with Gasteiger partial charge in [0, 0.05) is 26.0 Å². The maximum absolute atomic E-state index is 11.6. The van der Waals surface area contributed by atoms with E-state index in [1.54, 1.807) is 6.20 Å². The molecule has 1 aliphatic carbocycles. The van der Waals surface area contributed by atoms with E-state index in [1.807, 2.05) is 17.8 Å². The Kier molecular flexibility index (Phi) is 3.59. The number of imidazole rings is 1. The van der Waals surface area contributed by atoms with Gasteiger partial charge in [0.2, 0.25) is 5.95 Å². The fourth-order valence-electron chi connectivity index (χ4n) is 2.57. The van der Waals surface area contributed by atoms with Gasteiger partial charge in [-0.25, -0.2) is 4.98 Å². The smallest absolute Gasteiger partial charge is 0.311 e. The summed E-state index contributed by atoms with van der Waals surface area (Å²) in [5, 5.41) is 12.7. The summed E-state index contributed by atoms with van der Waals surface area (Å²) in [6.45, 7) is 2.65. The van der Waals surface area contributed by atoms with Gasteiger partial charge >= 0.3 is 5.97 Å². The Morgan fingerprint density at radius 3 is 2.78 bits per heavy atom. The Bertz CT molecular complexity index is 420. The van der Waals surface area contributed by atoms with Crippen molar-refractivity contribution in [3.05, 3.63) is 12.4 Å². The summed E-state index contributed by atoms with van der Waals surface area (Å²) >= 11 is 0. The number of aryl methyl sites for hydroxylation is 1. The van der Waals surface area contributed by atoms with E-state index in [0.29, 0.717) is 12.5 Å². The molecule has 0 radical (unpaired) electrons. The highest BCUT2D eigenvalue weighted by Gasteiger charge is 2.41. The van der Waals surface area contributed by atoms with Crippen molar-refractivity contribution in [1.82, 2.24) is 9.55 Å². The molecule has 0 atom stereocenters. The lowest BCUT2D eigenvalue weighted by molar-refractivity contribution is -0.150. The molecular weight excluding hydrogens is 230 g/mol. The summed E-state index contributed by atoms with van der Waals surface area (Å²) in [4.78, 5) is 15.7. The first kappa shape index (κ1) is 12.9. The first-order chi connectivity index (χ1) is 8.53. The number of hydrogen-bond acceptors (Lipinski definition) is 3. The predicted octanol–water partition coefficient (Wildman–Crippen LogP) is 2.11. The molecule has 0 bridgehead atoms. The summed E-state index contributed by atoms with van der Waals surface area (Å²) < 4.78 is 1.86. The van der Waals surface area contributed by atoms with Gasteiger partial charge in [0.1, 0.15) is 0 Å². The number of rotatable bonds is 4. The van der Waals surface area contributed by atoms with E-state index >= 15 is 0 Å². The second-order valence-corrected chi connectivity index (χ2v) is 5.48. The van der Waals surface area contributed by atoms with Gasteiger partial charge < -0.3 is 15.0 Å². The van der Waals surface area contributed by atoms with Gasteiger partial charge in [-0.15, -0.1) is 0 Å². The third kappa shape index (κ3) is 2.49. The standard InChI is InChI=1S/C13H21N3O2/c1-10-3-5-13(6-4-10,11(17)18)9-15-12-14-7-8-16(12)2/h7-8,10H,3-6,9H2,1-2H3,(H,14,15)(H,17,18). The Balaban J connectivity index is 2.03.